The number of nitrogens with one attached hydrogen (secondary N) is 1. The first-order chi connectivity index (χ1) is 10.8. The molecule has 23 heavy (non-hydrogen) atoms. The third kappa shape index (κ3) is 7.20. The number of hydrogen-bond acceptors (Lipinski definition) is 4. The van der Waals surface area contributed by atoms with Crippen LogP contribution in [-0.2, 0) is 11.2 Å². The molecule has 0 fully saturated rings. The Morgan fingerprint density at radius 2 is 2.09 bits per heavy atom. The van der Waals surface area contributed by atoms with Gasteiger partial charge in [-0.1, -0.05) is 38.4 Å². The Hall–Kier alpha value is -1.30. The lowest BCUT2D eigenvalue weighted by atomic mass is 9.97. The zero-order chi connectivity index (χ0) is 17.4. The topological polar surface area (TPSA) is 78.8 Å². The minimum atomic E-state index is -0.801. The lowest BCUT2D eigenvalue weighted by molar-refractivity contribution is -0.141. The van der Waals surface area contributed by atoms with Gasteiger partial charge in [0, 0.05) is 12.6 Å². The Bertz CT molecular complexity index is 507. The van der Waals surface area contributed by atoms with Crippen LogP contribution in [0.2, 0.25) is 5.02 Å². The van der Waals surface area contributed by atoms with E-state index < -0.39 is 18.0 Å². The molecule has 5 nitrogen and oxygen atoms in total. The SMILES string of the molecule is CCC(Cc1ccc(OCC(O)CNC(C)C)c(Cl)c1)C(=O)O. The third-order valence-corrected chi connectivity index (χ3v) is 3.81. The van der Waals surface area contributed by atoms with Crippen LogP contribution in [0.15, 0.2) is 18.2 Å². The van der Waals surface area contributed by atoms with Crippen LogP contribution in [0.1, 0.15) is 32.8 Å². The number of carboxylic acids is 1. The van der Waals surface area contributed by atoms with Gasteiger partial charge in [-0.15, -0.1) is 0 Å². The summed E-state index contributed by atoms with van der Waals surface area (Å²) in [7, 11) is 0. The zero-order valence-electron chi connectivity index (χ0n) is 13.9. The molecule has 1 aromatic rings. The summed E-state index contributed by atoms with van der Waals surface area (Å²) in [6.45, 7) is 6.45. The quantitative estimate of drug-likeness (QED) is 0.608. The average molecular weight is 344 g/mol. The standard InChI is InChI=1S/C17H26ClNO4/c1-4-13(17(21)22)7-12-5-6-16(15(18)8-12)23-10-14(20)9-19-11(2)3/h5-6,8,11,13-14,19-20H,4,7,9-10H2,1-3H3,(H,21,22). The second-order valence-corrected chi connectivity index (χ2v) is 6.35. The summed E-state index contributed by atoms with van der Waals surface area (Å²) in [6, 6.07) is 5.55. The lowest BCUT2D eigenvalue weighted by Gasteiger charge is -2.16. The van der Waals surface area contributed by atoms with E-state index in [1.807, 2.05) is 26.8 Å². The number of ether oxygens (including phenoxy) is 1. The maximum absolute atomic E-state index is 11.1. The van der Waals surface area contributed by atoms with Crippen molar-refractivity contribution in [1.82, 2.24) is 5.32 Å². The predicted molar refractivity (Wildman–Crippen MR) is 91.2 cm³/mol. The van der Waals surface area contributed by atoms with Gasteiger partial charge >= 0.3 is 5.97 Å². The summed E-state index contributed by atoms with van der Waals surface area (Å²) in [4.78, 5) is 11.1. The fraction of sp³-hybridized carbons (Fsp3) is 0.588. The van der Waals surface area contributed by atoms with Gasteiger partial charge in [-0.3, -0.25) is 4.79 Å². The second-order valence-electron chi connectivity index (χ2n) is 5.94. The van der Waals surface area contributed by atoms with Crippen molar-refractivity contribution >= 4 is 17.6 Å². The molecule has 0 radical (unpaired) electrons. The highest BCUT2D eigenvalue weighted by molar-refractivity contribution is 6.32. The van der Waals surface area contributed by atoms with Crippen LogP contribution in [-0.4, -0.2) is 41.5 Å². The average Bonchev–Trinajstić information content (AvgIpc) is 2.49. The maximum Gasteiger partial charge on any atom is 0.306 e. The largest absolute Gasteiger partial charge is 0.489 e. The first-order valence-corrected chi connectivity index (χ1v) is 8.26. The van der Waals surface area contributed by atoms with Gasteiger partial charge in [0.05, 0.1) is 10.9 Å². The van der Waals surface area contributed by atoms with Crippen LogP contribution < -0.4 is 10.1 Å². The third-order valence-electron chi connectivity index (χ3n) is 3.51. The van der Waals surface area contributed by atoms with Gasteiger partial charge in [0.1, 0.15) is 18.5 Å². The maximum atomic E-state index is 11.1. The summed E-state index contributed by atoms with van der Waals surface area (Å²) >= 11 is 6.18. The van der Waals surface area contributed by atoms with Crippen molar-refractivity contribution in [2.75, 3.05) is 13.2 Å². The summed E-state index contributed by atoms with van der Waals surface area (Å²) in [5.41, 5.74) is 0.860. The van der Waals surface area contributed by atoms with Crippen LogP contribution in [0.5, 0.6) is 5.75 Å². The van der Waals surface area contributed by atoms with E-state index in [9.17, 15) is 9.90 Å². The van der Waals surface area contributed by atoms with Crippen molar-refractivity contribution in [3.8, 4) is 5.75 Å². The number of rotatable bonds is 10. The molecular weight excluding hydrogens is 318 g/mol. The number of benzene rings is 1. The molecule has 1 aromatic carbocycles. The molecular formula is C17H26ClNO4. The van der Waals surface area contributed by atoms with Gasteiger partial charge in [-0.2, -0.15) is 0 Å². The molecule has 0 heterocycles. The van der Waals surface area contributed by atoms with Crippen LogP contribution in [0.4, 0.5) is 0 Å². The Morgan fingerprint density at radius 1 is 1.39 bits per heavy atom. The number of hydrogen-bond donors (Lipinski definition) is 3. The van der Waals surface area contributed by atoms with E-state index in [4.69, 9.17) is 21.4 Å². The zero-order valence-corrected chi connectivity index (χ0v) is 14.6. The van der Waals surface area contributed by atoms with Crippen molar-refractivity contribution in [2.24, 2.45) is 5.92 Å². The fourth-order valence-corrected chi connectivity index (χ4v) is 2.35. The number of aliphatic hydroxyl groups excluding tert-OH is 1. The number of carboxylic acid groups (broad SMARTS) is 1. The molecule has 0 spiro atoms. The highest BCUT2D eigenvalue weighted by atomic mass is 35.5. The van der Waals surface area contributed by atoms with Gasteiger partial charge in [-0.25, -0.2) is 0 Å². The number of carbonyl (C=O) groups is 1. The molecule has 0 saturated heterocycles. The molecule has 0 aromatic heterocycles. The molecule has 130 valence electrons. The molecule has 6 heteroatoms. The van der Waals surface area contributed by atoms with E-state index in [2.05, 4.69) is 5.32 Å². The smallest absolute Gasteiger partial charge is 0.306 e. The van der Waals surface area contributed by atoms with Crippen molar-refractivity contribution in [1.29, 1.82) is 0 Å². The number of halogens is 1. The molecule has 1 rings (SSSR count). The molecule has 0 amide bonds. The Kier molecular flexibility index (Phi) is 8.37. The summed E-state index contributed by atoms with van der Waals surface area (Å²) in [6.07, 6.45) is 0.386. The lowest BCUT2D eigenvalue weighted by Crippen LogP contribution is -2.35. The normalized spacial score (nSPS) is 13.8. The Balaban J connectivity index is 2.57. The highest BCUT2D eigenvalue weighted by Gasteiger charge is 2.16. The van der Waals surface area contributed by atoms with Gasteiger partial charge in [0.25, 0.3) is 0 Å². The van der Waals surface area contributed by atoms with Crippen LogP contribution in [0.25, 0.3) is 0 Å². The van der Waals surface area contributed by atoms with E-state index in [0.29, 0.717) is 36.2 Å². The fourth-order valence-electron chi connectivity index (χ4n) is 2.10. The van der Waals surface area contributed by atoms with Crippen molar-refractivity contribution in [3.63, 3.8) is 0 Å². The first-order valence-electron chi connectivity index (χ1n) is 7.89. The van der Waals surface area contributed by atoms with Gasteiger partial charge < -0.3 is 20.3 Å². The first kappa shape index (κ1) is 19.7. The van der Waals surface area contributed by atoms with Gasteiger partial charge in [-0.05, 0) is 30.5 Å². The minimum Gasteiger partial charge on any atom is -0.489 e. The van der Waals surface area contributed by atoms with E-state index in [-0.39, 0.29) is 6.61 Å². The summed E-state index contributed by atoms with van der Waals surface area (Å²) in [5.74, 6) is -0.728. The van der Waals surface area contributed by atoms with Crippen LogP contribution >= 0.6 is 11.6 Å². The molecule has 0 aliphatic carbocycles. The molecule has 0 bridgehead atoms. The van der Waals surface area contributed by atoms with Crippen LogP contribution in [0, 0.1) is 5.92 Å². The molecule has 2 unspecified atom stereocenters. The van der Waals surface area contributed by atoms with Crippen molar-refractivity contribution in [3.05, 3.63) is 28.8 Å². The minimum absolute atomic E-state index is 0.144. The molecule has 0 saturated carbocycles. The molecule has 0 aliphatic heterocycles. The monoisotopic (exact) mass is 343 g/mol. The summed E-state index contributed by atoms with van der Waals surface area (Å²) < 4.78 is 5.53. The van der Waals surface area contributed by atoms with Crippen molar-refractivity contribution in [2.45, 2.75) is 45.8 Å². The number of aliphatic hydroxyl groups is 1. The highest BCUT2D eigenvalue weighted by Crippen LogP contribution is 2.27. The van der Waals surface area contributed by atoms with Gasteiger partial charge in [0.2, 0.25) is 0 Å². The Labute approximate surface area is 142 Å². The van der Waals surface area contributed by atoms with Crippen molar-refractivity contribution < 1.29 is 19.7 Å². The van der Waals surface area contributed by atoms with E-state index in [1.165, 1.54) is 0 Å². The van der Waals surface area contributed by atoms with Gasteiger partial charge in [0.15, 0.2) is 0 Å². The summed E-state index contributed by atoms with van der Waals surface area (Å²) in [5, 5.41) is 22.5. The second kappa shape index (κ2) is 9.75. The van der Waals surface area contributed by atoms with Crippen LogP contribution in [0.3, 0.4) is 0 Å². The van der Waals surface area contributed by atoms with E-state index in [1.54, 1.807) is 12.1 Å². The predicted octanol–water partition coefficient (Wildman–Crippen LogP) is 2.73. The van der Waals surface area contributed by atoms with E-state index in [0.717, 1.165) is 5.56 Å². The van der Waals surface area contributed by atoms with E-state index >= 15 is 0 Å². The molecule has 0 aliphatic rings. The Morgan fingerprint density at radius 3 is 2.61 bits per heavy atom. The number of aliphatic carboxylic acids is 1. The molecule has 3 N–H and O–H groups in total. The molecule has 2 atom stereocenters.